The van der Waals surface area contributed by atoms with E-state index in [0.717, 1.165) is 16.7 Å². The highest BCUT2D eigenvalue weighted by Crippen LogP contribution is 2.35. The Morgan fingerprint density at radius 1 is 1.00 bits per heavy atom. The molecule has 0 spiro atoms. The Balaban J connectivity index is 1.89. The zero-order valence-corrected chi connectivity index (χ0v) is 20.0. The van der Waals surface area contributed by atoms with Crippen molar-refractivity contribution in [2.45, 2.75) is 51.4 Å². The molecular weight excluding hydrogens is 460 g/mol. The van der Waals surface area contributed by atoms with Crippen molar-refractivity contribution in [2.75, 3.05) is 5.75 Å². The van der Waals surface area contributed by atoms with Crippen LogP contribution in [0.2, 0.25) is 0 Å². The molecule has 0 amide bonds. The van der Waals surface area contributed by atoms with Gasteiger partial charge in [-0.25, -0.2) is 0 Å². The molecule has 2 aromatic rings. The van der Waals surface area contributed by atoms with E-state index in [1.807, 2.05) is 13.0 Å². The Bertz CT molecular complexity index is 1130. The van der Waals surface area contributed by atoms with Crippen molar-refractivity contribution in [3.8, 4) is 22.9 Å². The topological polar surface area (TPSA) is 125 Å². The lowest BCUT2D eigenvalue weighted by molar-refractivity contribution is -0.186. The number of carbonyl (C=O) groups excluding carboxylic acids is 3. The molecule has 1 aromatic carbocycles. The number of nitrogens with zero attached hydrogens (tertiary/aromatic N) is 2. The van der Waals surface area contributed by atoms with E-state index in [4.69, 9.17) is 24.2 Å². The van der Waals surface area contributed by atoms with E-state index in [-0.39, 0.29) is 5.75 Å². The van der Waals surface area contributed by atoms with Crippen LogP contribution in [0.5, 0.6) is 5.75 Å². The van der Waals surface area contributed by atoms with Gasteiger partial charge < -0.3 is 18.9 Å². The molecular formula is C24H24N2O7S. The summed E-state index contributed by atoms with van der Waals surface area (Å²) < 4.78 is 22.3. The van der Waals surface area contributed by atoms with E-state index in [0.29, 0.717) is 11.3 Å². The highest BCUT2D eigenvalue weighted by atomic mass is 32.2. The van der Waals surface area contributed by atoms with Crippen molar-refractivity contribution in [3.05, 3.63) is 47.8 Å². The van der Waals surface area contributed by atoms with E-state index < -0.39 is 41.7 Å². The van der Waals surface area contributed by atoms with Crippen LogP contribution in [0.3, 0.4) is 0 Å². The predicted octanol–water partition coefficient (Wildman–Crippen LogP) is 3.18. The average Bonchev–Trinajstić information content (AvgIpc) is 2.76. The molecule has 1 saturated heterocycles. The second-order valence-electron chi connectivity index (χ2n) is 7.67. The zero-order chi connectivity index (χ0) is 24.8. The van der Waals surface area contributed by atoms with Gasteiger partial charge in [-0.2, -0.15) is 5.26 Å². The number of esters is 3. The fourth-order valence-corrected chi connectivity index (χ4v) is 4.85. The number of nitriles is 1. The van der Waals surface area contributed by atoms with Gasteiger partial charge in [0.15, 0.2) is 23.7 Å². The maximum atomic E-state index is 11.8. The van der Waals surface area contributed by atoms with Crippen LogP contribution in [0.15, 0.2) is 36.7 Å². The lowest BCUT2D eigenvalue weighted by atomic mass is 10.00. The van der Waals surface area contributed by atoms with Gasteiger partial charge in [0.2, 0.25) is 0 Å². The summed E-state index contributed by atoms with van der Waals surface area (Å²) in [5.41, 5.74) is 2.38. The zero-order valence-electron chi connectivity index (χ0n) is 19.1. The summed E-state index contributed by atoms with van der Waals surface area (Å²) in [6.45, 7) is 5.61. The molecule has 2 heterocycles. The maximum Gasteiger partial charge on any atom is 0.303 e. The fraction of sp³-hybridized carbons (Fsp3) is 0.375. The SMILES string of the molecule is CC(=O)O[C@@H]1[C@@H](OC(C)=O)[C@@H](Oc2cncc(-c3ccc(C#N)cc3C)c2)SC[C@H]1OC(C)=O. The number of ether oxygens (including phenoxy) is 4. The predicted molar refractivity (Wildman–Crippen MR) is 123 cm³/mol. The van der Waals surface area contributed by atoms with Crippen LogP contribution in [-0.2, 0) is 28.6 Å². The lowest BCUT2D eigenvalue weighted by Crippen LogP contribution is -2.55. The minimum absolute atomic E-state index is 0.266. The number of aryl methyl sites for hydroxylation is 1. The van der Waals surface area contributed by atoms with Gasteiger partial charge in [0, 0.05) is 38.3 Å². The van der Waals surface area contributed by atoms with Gasteiger partial charge in [0.1, 0.15) is 5.75 Å². The van der Waals surface area contributed by atoms with Crippen LogP contribution in [0.25, 0.3) is 11.1 Å². The highest BCUT2D eigenvalue weighted by Gasteiger charge is 2.47. The molecule has 1 aliphatic heterocycles. The summed E-state index contributed by atoms with van der Waals surface area (Å²) in [5, 5.41) is 9.10. The molecule has 4 atom stereocenters. The van der Waals surface area contributed by atoms with E-state index in [1.54, 1.807) is 24.4 Å². The highest BCUT2D eigenvalue weighted by molar-refractivity contribution is 7.99. The monoisotopic (exact) mass is 484 g/mol. The van der Waals surface area contributed by atoms with Crippen molar-refractivity contribution < 1.29 is 33.3 Å². The fourth-order valence-electron chi connectivity index (χ4n) is 3.63. The number of benzene rings is 1. The normalized spacial score (nSPS) is 21.6. The molecule has 0 N–H and O–H groups in total. The average molecular weight is 485 g/mol. The number of hydrogen-bond donors (Lipinski definition) is 0. The van der Waals surface area contributed by atoms with Gasteiger partial charge in [-0.1, -0.05) is 6.07 Å². The van der Waals surface area contributed by atoms with E-state index >= 15 is 0 Å². The standard InChI is InChI=1S/C24H24N2O7S/c1-13-7-17(9-25)5-6-20(13)18-8-19(11-26-10-18)33-24-23(32-16(4)29)22(31-15(3)28)21(12-34-24)30-14(2)27/h5-8,10-11,21-24H,12H2,1-4H3/t21-,22+,23-,24+/m1/s1. The van der Waals surface area contributed by atoms with Gasteiger partial charge in [0.05, 0.1) is 17.8 Å². The van der Waals surface area contributed by atoms with Gasteiger partial charge in [0.25, 0.3) is 0 Å². The second kappa shape index (κ2) is 11.0. The molecule has 34 heavy (non-hydrogen) atoms. The Morgan fingerprint density at radius 2 is 1.68 bits per heavy atom. The molecule has 0 aliphatic carbocycles. The molecule has 1 aliphatic rings. The molecule has 3 rings (SSSR count). The Hall–Kier alpha value is -3.58. The smallest absolute Gasteiger partial charge is 0.303 e. The van der Waals surface area contributed by atoms with Crippen LogP contribution in [0.4, 0.5) is 0 Å². The number of carbonyl (C=O) groups is 3. The van der Waals surface area contributed by atoms with Gasteiger partial charge in [-0.15, -0.1) is 11.8 Å². The first-order chi connectivity index (χ1) is 16.2. The van der Waals surface area contributed by atoms with Gasteiger partial charge in [-0.05, 0) is 36.2 Å². The summed E-state index contributed by atoms with van der Waals surface area (Å²) in [6, 6.07) is 9.25. The summed E-state index contributed by atoms with van der Waals surface area (Å²) in [5.74, 6) is -1.08. The van der Waals surface area contributed by atoms with Crippen LogP contribution in [0, 0.1) is 18.3 Å². The summed E-state index contributed by atoms with van der Waals surface area (Å²) >= 11 is 1.27. The third-order valence-corrected chi connectivity index (χ3v) is 6.15. The Kier molecular flexibility index (Phi) is 8.12. The quantitative estimate of drug-likeness (QED) is 0.446. The second-order valence-corrected chi connectivity index (χ2v) is 8.80. The van der Waals surface area contributed by atoms with Crippen molar-refractivity contribution in [3.63, 3.8) is 0 Å². The van der Waals surface area contributed by atoms with Gasteiger partial charge >= 0.3 is 17.9 Å². The van der Waals surface area contributed by atoms with Gasteiger partial charge in [-0.3, -0.25) is 19.4 Å². The third-order valence-electron chi connectivity index (χ3n) is 4.94. The number of rotatable bonds is 6. The molecule has 0 radical (unpaired) electrons. The summed E-state index contributed by atoms with van der Waals surface area (Å²) in [6.07, 6.45) is 0.337. The first-order valence-corrected chi connectivity index (χ1v) is 11.5. The summed E-state index contributed by atoms with van der Waals surface area (Å²) in [7, 11) is 0. The number of pyridine rings is 1. The first kappa shape index (κ1) is 25.1. The van der Waals surface area contributed by atoms with Crippen LogP contribution in [-0.4, -0.2) is 52.4 Å². The Labute approximate surface area is 201 Å². The minimum Gasteiger partial charge on any atom is -0.474 e. The molecule has 1 fully saturated rings. The number of thioether (sulfide) groups is 1. The van der Waals surface area contributed by atoms with Crippen molar-refractivity contribution in [1.29, 1.82) is 5.26 Å². The largest absolute Gasteiger partial charge is 0.474 e. The number of aromatic nitrogens is 1. The lowest BCUT2D eigenvalue weighted by Gasteiger charge is -2.39. The summed E-state index contributed by atoms with van der Waals surface area (Å²) in [4.78, 5) is 39.4. The van der Waals surface area contributed by atoms with Crippen LogP contribution < -0.4 is 4.74 Å². The molecule has 0 saturated carbocycles. The number of hydrogen-bond acceptors (Lipinski definition) is 10. The van der Waals surface area contributed by atoms with Crippen molar-refractivity contribution >= 4 is 29.7 Å². The molecule has 0 bridgehead atoms. The minimum atomic E-state index is -1.03. The molecule has 178 valence electrons. The van der Waals surface area contributed by atoms with E-state index in [2.05, 4.69) is 11.1 Å². The molecule has 9 nitrogen and oxygen atoms in total. The van der Waals surface area contributed by atoms with Crippen LogP contribution in [0.1, 0.15) is 31.9 Å². The van der Waals surface area contributed by atoms with Crippen molar-refractivity contribution in [2.24, 2.45) is 0 Å². The van der Waals surface area contributed by atoms with Crippen molar-refractivity contribution in [1.82, 2.24) is 4.98 Å². The first-order valence-electron chi connectivity index (χ1n) is 10.4. The van der Waals surface area contributed by atoms with Crippen LogP contribution >= 0.6 is 11.8 Å². The third kappa shape index (κ3) is 6.26. The molecule has 0 unspecified atom stereocenters. The molecule has 10 heteroatoms. The van der Waals surface area contributed by atoms with E-state index in [9.17, 15) is 14.4 Å². The van der Waals surface area contributed by atoms with E-state index in [1.165, 1.54) is 38.7 Å². The molecule has 1 aromatic heterocycles. The maximum absolute atomic E-state index is 11.8. The Morgan fingerprint density at radius 3 is 2.29 bits per heavy atom.